The van der Waals surface area contributed by atoms with E-state index < -0.39 is 56.1 Å². The van der Waals surface area contributed by atoms with Crippen LogP contribution in [0.4, 0.5) is 4.39 Å². The number of halogens is 3. The van der Waals surface area contributed by atoms with Gasteiger partial charge in [-0.25, -0.2) is 17.6 Å². The number of hydrogen-bond donors (Lipinski definition) is 1. The molecule has 0 bridgehead atoms. The van der Waals surface area contributed by atoms with Gasteiger partial charge in [-0.05, 0) is 94.0 Å². The molecular weight excluding hydrogens is 642 g/mol. The SMILES string of the molecule is CC(C)(C)S(=O)(=O)C[C@H](C1CC1)N1C(=O)[C@](C)(Cc2ccc(C(=O)O)cn2)O[C@H](c2cccc(Cl)c2)[C@H]1c1ccc(Cl)c(F)c1. The summed E-state index contributed by atoms with van der Waals surface area (Å²) in [6, 6.07) is 12.5. The normalized spacial score (nSPS) is 23.2. The molecule has 5 rings (SSSR count). The third-order valence-electron chi connectivity index (χ3n) is 8.56. The fourth-order valence-electron chi connectivity index (χ4n) is 5.78. The molecule has 2 aromatic carbocycles. The van der Waals surface area contributed by atoms with Crippen LogP contribution in [0.1, 0.15) is 79.9 Å². The van der Waals surface area contributed by atoms with Crippen LogP contribution >= 0.6 is 23.2 Å². The van der Waals surface area contributed by atoms with Gasteiger partial charge >= 0.3 is 5.97 Å². The molecule has 12 heteroatoms. The summed E-state index contributed by atoms with van der Waals surface area (Å²) in [5, 5.41) is 9.65. The van der Waals surface area contributed by atoms with E-state index >= 15 is 4.39 Å². The Hall–Kier alpha value is -3.05. The third-order valence-corrected chi connectivity index (χ3v) is 11.7. The average Bonchev–Trinajstić information content (AvgIpc) is 3.80. The van der Waals surface area contributed by atoms with E-state index in [1.807, 2.05) is 0 Å². The second-order valence-electron chi connectivity index (χ2n) is 13.0. The molecule has 0 spiro atoms. The average molecular weight is 678 g/mol. The molecule has 240 valence electrons. The van der Waals surface area contributed by atoms with Gasteiger partial charge in [0.05, 0.1) is 27.1 Å². The fraction of sp³-hybridized carbons (Fsp3) is 0.424. The van der Waals surface area contributed by atoms with Gasteiger partial charge < -0.3 is 14.7 Å². The molecule has 0 radical (unpaired) electrons. The maximum atomic E-state index is 15.0. The van der Waals surface area contributed by atoms with Crippen LogP contribution in [0, 0.1) is 11.7 Å². The van der Waals surface area contributed by atoms with Crippen LogP contribution in [0.2, 0.25) is 10.0 Å². The minimum Gasteiger partial charge on any atom is -0.478 e. The number of aromatic carboxylic acids is 1. The standard InChI is InChI=1S/C33H35Cl2FN2O6S/c1-32(2,3)45(42,43)18-27(19-8-9-19)38-28(20-11-13-25(35)26(36)15-20)29(21-6-5-7-23(34)14-21)44-33(4,31(38)41)16-24-12-10-22(17-37-24)30(39)40/h5-7,10-15,17,19,27-29H,8-9,16,18H2,1-4H3,(H,39,40)/t27-,28-,29-,33+/m1/s1. The molecule has 1 aliphatic heterocycles. The number of nitrogens with zero attached hydrogens (tertiary/aromatic N) is 2. The summed E-state index contributed by atoms with van der Waals surface area (Å²) in [4.78, 5) is 32.1. The molecule has 1 saturated heterocycles. The Morgan fingerprint density at radius 1 is 1.13 bits per heavy atom. The number of morpholine rings is 1. The first kappa shape index (κ1) is 33.3. The number of pyridine rings is 1. The molecule has 2 fully saturated rings. The van der Waals surface area contributed by atoms with Gasteiger partial charge in [0.25, 0.3) is 5.91 Å². The summed E-state index contributed by atoms with van der Waals surface area (Å²) in [6.45, 7) is 6.51. The predicted octanol–water partition coefficient (Wildman–Crippen LogP) is 6.86. The lowest BCUT2D eigenvalue weighted by atomic mass is 9.85. The van der Waals surface area contributed by atoms with Crippen LogP contribution in [-0.4, -0.2) is 57.4 Å². The number of aromatic nitrogens is 1. The van der Waals surface area contributed by atoms with Crippen LogP contribution in [-0.2, 0) is 25.8 Å². The van der Waals surface area contributed by atoms with Gasteiger partial charge in [-0.2, -0.15) is 0 Å². The molecule has 0 unspecified atom stereocenters. The first-order chi connectivity index (χ1) is 21.0. The topological polar surface area (TPSA) is 114 Å². The van der Waals surface area contributed by atoms with Crippen LogP contribution in [0.25, 0.3) is 0 Å². The minimum atomic E-state index is -3.71. The van der Waals surface area contributed by atoms with E-state index in [4.69, 9.17) is 27.9 Å². The number of carboxylic acids is 1. The Morgan fingerprint density at radius 3 is 2.40 bits per heavy atom. The zero-order chi connectivity index (χ0) is 32.9. The maximum absolute atomic E-state index is 15.0. The fourth-order valence-corrected chi connectivity index (χ4v) is 7.48. The van der Waals surface area contributed by atoms with Crippen molar-refractivity contribution in [2.75, 3.05) is 5.75 Å². The van der Waals surface area contributed by atoms with E-state index in [2.05, 4.69) is 4.98 Å². The number of carbonyl (C=O) groups is 2. The van der Waals surface area contributed by atoms with E-state index in [9.17, 15) is 23.1 Å². The first-order valence-corrected chi connectivity index (χ1v) is 17.0. The van der Waals surface area contributed by atoms with E-state index in [0.717, 1.165) is 12.8 Å². The second kappa shape index (κ2) is 12.3. The number of benzene rings is 2. The summed E-state index contributed by atoms with van der Waals surface area (Å²) in [7, 11) is -3.71. The molecule has 8 nitrogen and oxygen atoms in total. The third kappa shape index (κ3) is 6.89. The smallest absolute Gasteiger partial charge is 0.337 e. The highest BCUT2D eigenvalue weighted by atomic mass is 35.5. The summed E-state index contributed by atoms with van der Waals surface area (Å²) in [5.41, 5.74) is -0.176. The zero-order valence-corrected chi connectivity index (χ0v) is 27.7. The van der Waals surface area contributed by atoms with Gasteiger partial charge in [0, 0.05) is 29.4 Å². The molecule has 1 aliphatic carbocycles. The van der Waals surface area contributed by atoms with Crippen molar-refractivity contribution in [3.63, 3.8) is 0 Å². The highest BCUT2D eigenvalue weighted by molar-refractivity contribution is 7.92. The molecule has 45 heavy (non-hydrogen) atoms. The Balaban J connectivity index is 1.70. The number of carbonyl (C=O) groups excluding carboxylic acids is 1. The van der Waals surface area contributed by atoms with Crippen molar-refractivity contribution in [1.82, 2.24) is 9.88 Å². The maximum Gasteiger partial charge on any atom is 0.337 e. The highest BCUT2D eigenvalue weighted by Gasteiger charge is 2.56. The van der Waals surface area contributed by atoms with Gasteiger partial charge in [-0.15, -0.1) is 0 Å². The van der Waals surface area contributed by atoms with Crippen molar-refractivity contribution in [3.8, 4) is 0 Å². The summed E-state index contributed by atoms with van der Waals surface area (Å²) >= 11 is 12.5. The molecule has 1 saturated carbocycles. The second-order valence-corrected chi connectivity index (χ2v) is 16.6. The molecular formula is C33H35Cl2FN2O6S. The van der Waals surface area contributed by atoms with Gasteiger partial charge in [0.15, 0.2) is 15.4 Å². The lowest BCUT2D eigenvalue weighted by Gasteiger charge is -2.52. The first-order valence-electron chi connectivity index (χ1n) is 14.6. The van der Waals surface area contributed by atoms with Crippen LogP contribution in [0.5, 0.6) is 0 Å². The van der Waals surface area contributed by atoms with Gasteiger partial charge in [0.2, 0.25) is 0 Å². The van der Waals surface area contributed by atoms with Crippen molar-refractivity contribution in [1.29, 1.82) is 0 Å². The number of hydrogen-bond acceptors (Lipinski definition) is 6. The molecule has 2 aliphatic rings. The molecule has 4 atom stereocenters. The van der Waals surface area contributed by atoms with Crippen molar-refractivity contribution in [2.45, 2.75) is 75.5 Å². The van der Waals surface area contributed by atoms with Crippen LogP contribution < -0.4 is 0 Å². The van der Waals surface area contributed by atoms with Gasteiger partial charge in [-0.3, -0.25) is 9.78 Å². The summed E-state index contributed by atoms with van der Waals surface area (Å²) < 4.78 is 48.1. The Bertz CT molecular complexity index is 1730. The highest BCUT2D eigenvalue weighted by Crippen LogP contribution is 2.51. The Kier molecular flexibility index (Phi) is 9.09. The lowest BCUT2D eigenvalue weighted by molar-refractivity contribution is -0.202. The molecule has 1 N–H and O–H groups in total. The lowest BCUT2D eigenvalue weighted by Crippen LogP contribution is -2.62. The number of sulfone groups is 1. The monoisotopic (exact) mass is 676 g/mol. The molecule has 1 amide bonds. The quantitative estimate of drug-likeness (QED) is 0.263. The van der Waals surface area contributed by atoms with E-state index in [1.165, 1.54) is 30.5 Å². The molecule has 2 heterocycles. The van der Waals surface area contributed by atoms with Crippen molar-refractivity contribution in [3.05, 3.63) is 99.0 Å². The van der Waals surface area contributed by atoms with Gasteiger partial charge in [-0.1, -0.05) is 41.4 Å². The van der Waals surface area contributed by atoms with Crippen molar-refractivity contribution < 1.29 is 32.2 Å². The number of rotatable bonds is 9. The Morgan fingerprint density at radius 2 is 1.84 bits per heavy atom. The number of ether oxygens (including phenoxy) is 1. The summed E-state index contributed by atoms with van der Waals surface area (Å²) in [6.07, 6.45) is 1.73. The largest absolute Gasteiger partial charge is 0.478 e. The predicted molar refractivity (Wildman–Crippen MR) is 170 cm³/mol. The van der Waals surface area contributed by atoms with E-state index in [1.54, 1.807) is 62.9 Å². The van der Waals surface area contributed by atoms with Crippen LogP contribution in [0.3, 0.4) is 0 Å². The molecule has 3 aromatic rings. The Labute approximate surface area is 272 Å². The van der Waals surface area contributed by atoms with E-state index in [0.29, 0.717) is 21.8 Å². The van der Waals surface area contributed by atoms with Gasteiger partial charge in [0.1, 0.15) is 11.9 Å². The van der Waals surface area contributed by atoms with Crippen molar-refractivity contribution >= 4 is 44.9 Å². The van der Waals surface area contributed by atoms with Crippen LogP contribution in [0.15, 0.2) is 60.8 Å². The van der Waals surface area contributed by atoms with E-state index in [-0.39, 0.29) is 28.7 Å². The van der Waals surface area contributed by atoms with Crippen molar-refractivity contribution in [2.24, 2.45) is 5.92 Å². The summed E-state index contributed by atoms with van der Waals surface area (Å²) in [5.74, 6) is -2.69. The minimum absolute atomic E-state index is 0.00997. The zero-order valence-electron chi connectivity index (χ0n) is 25.3. The molecule has 1 aromatic heterocycles. The number of carboxylic acid groups (broad SMARTS) is 1. The number of amides is 1.